The van der Waals surface area contributed by atoms with Crippen molar-refractivity contribution in [3.8, 4) is 0 Å². The largest absolute Gasteiger partial charge is 0.502 e. The minimum Gasteiger partial charge on any atom is -0.502 e. The number of nitrogens with one attached hydrogen (secondary N) is 3. The van der Waals surface area contributed by atoms with Crippen molar-refractivity contribution in [3.63, 3.8) is 0 Å². The number of nitrogens with zero attached hydrogens (tertiary/aromatic N) is 3. The Morgan fingerprint density at radius 2 is 1.67 bits per heavy atom. The van der Waals surface area contributed by atoms with Crippen LogP contribution < -0.4 is 0 Å². The van der Waals surface area contributed by atoms with Crippen molar-refractivity contribution in [3.05, 3.63) is 12.8 Å². The first kappa shape index (κ1) is 21.0. The van der Waals surface area contributed by atoms with E-state index < -0.39 is 39.4 Å². The Hall–Kier alpha value is -2.32. The van der Waals surface area contributed by atoms with E-state index in [0.29, 0.717) is 0 Å². The molecule has 2 unspecified atom stereocenters. The van der Waals surface area contributed by atoms with E-state index in [2.05, 4.69) is 21.9 Å². The van der Waals surface area contributed by atoms with E-state index in [0.717, 1.165) is 0 Å². The lowest BCUT2D eigenvalue weighted by molar-refractivity contribution is -0.140. The quantitative estimate of drug-likeness (QED) is 0.265. The molecule has 0 aromatic carbocycles. The van der Waals surface area contributed by atoms with Gasteiger partial charge in [0.2, 0.25) is 5.54 Å². The third-order valence-corrected chi connectivity index (χ3v) is 6.18. The van der Waals surface area contributed by atoms with Crippen LogP contribution >= 0.6 is 0 Å². The molecule has 0 bridgehead atoms. The van der Waals surface area contributed by atoms with Gasteiger partial charge in [-0.15, -0.1) is 0 Å². The highest BCUT2D eigenvalue weighted by Crippen LogP contribution is 2.62. The summed E-state index contributed by atoms with van der Waals surface area (Å²) in [6.07, 6.45) is 1.64. The average molecular weight is 376 g/mol. The molecule has 1 spiro atoms. The molecule has 9 heteroatoms. The average Bonchev–Trinajstić information content (AvgIpc) is 2.71. The number of ether oxygens (including phenoxy) is 1. The lowest BCUT2D eigenvalue weighted by Gasteiger charge is -2.54. The fraction of sp³-hybridized carbons (Fsp3) is 0.778. The van der Waals surface area contributed by atoms with Crippen LogP contribution in [0.4, 0.5) is 0 Å². The maximum atomic E-state index is 13.6. The van der Waals surface area contributed by atoms with Crippen LogP contribution in [-0.4, -0.2) is 35.8 Å². The summed E-state index contributed by atoms with van der Waals surface area (Å²) in [5.74, 6) is -1.08. The summed E-state index contributed by atoms with van der Waals surface area (Å²) < 4.78 is 5.08. The highest BCUT2D eigenvalue weighted by molar-refractivity contribution is 6.23. The van der Waals surface area contributed by atoms with Crippen molar-refractivity contribution in [2.45, 2.75) is 64.6 Å². The van der Waals surface area contributed by atoms with Crippen molar-refractivity contribution >= 4 is 11.6 Å². The van der Waals surface area contributed by atoms with Gasteiger partial charge in [-0.2, -0.15) is 15.3 Å². The van der Waals surface area contributed by atoms with Gasteiger partial charge >= 0.3 is 0 Å². The first-order valence-corrected chi connectivity index (χ1v) is 8.92. The van der Waals surface area contributed by atoms with E-state index >= 15 is 0 Å². The standard InChI is InChI=1S/C18H28N6O3/c1-6-27-8-7-18(24-21)12(25)11(22-19)17(14(18)26)9-15(2,3)13(23-20)16(4,5)10-17/h6,11,13,19-21H,1,7-10H2,2-5H3. The smallest absolute Gasteiger partial charge is 0.203 e. The van der Waals surface area contributed by atoms with Crippen LogP contribution in [0.3, 0.4) is 0 Å². The van der Waals surface area contributed by atoms with Gasteiger partial charge in [0.05, 0.1) is 24.3 Å². The first-order chi connectivity index (χ1) is 12.5. The Balaban J connectivity index is 2.61. The zero-order valence-electron chi connectivity index (χ0n) is 16.3. The van der Waals surface area contributed by atoms with E-state index in [9.17, 15) is 9.59 Å². The third-order valence-electron chi connectivity index (χ3n) is 6.18. The second-order valence-electron chi connectivity index (χ2n) is 9.00. The zero-order valence-corrected chi connectivity index (χ0v) is 16.3. The molecule has 0 saturated heterocycles. The molecule has 148 valence electrons. The minimum atomic E-state index is -1.88. The van der Waals surface area contributed by atoms with Crippen LogP contribution in [0.2, 0.25) is 0 Å². The van der Waals surface area contributed by atoms with Crippen LogP contribution in [0.1, 0.15) is 47.0 Å². The van der Waals surface area contributed by atoms with Crippen LogP contribution in [0.5, 0.6) is 0 Å². The lowest BCUT2D eigenvalue weighted by atomic mass is 9.50. The number of rotatable bonds is 7. The van der Waals surface area contributed by atoms with Gasteiger partial charge in [-0.1, -0.05) is 34.3 Å². The molecule has 0 amide bonds. The molecule has 0 aromatic heterocycles. The first-order valence-electron chi connectivity index (χ1n) is 8.92. The summed E-state index contributed by atoms with van der Waals surface area (Å²) in [5, 5.41) is 10.8. The normalized spacial score (nSPS) is 31.5. The Labute approximate surface area is 158 Å². The lowest BCUT2D eigenvalue weighted by Crippen LogP contribution is -2.56. The summed E-state index contributed by atoms with van der Waals surface area (Å²) in [6.45, 7) is 11.1. The van der Waals surface area contributed by atoms with Crippen molar-refractivity contribution in [2.24, 2.45) is 31.6 Å². The Morgan fingerprint density at radius 1 is 1.11 bits per heavy atom. The van der Waals surface area contributed by atoms with Crippen LogP contribution in [0.15, 0.2) is 28.2 Å². The van der Waals surface area contributed by atoms with Crippen molar-refractivity contribution in [2.75, 3.05) is 6.61 Å². The summed E-state index contributed by atoms with van der Waals surface area (Å²) in [7, 11) is 0. The number of carbonyl (C=O) groups excluding carboxylic acids is 2. The van der Waals surface area contributed by atoms with Gasteiger partial charge < -0.3 is 4.74 Å². The Morgan fingerprint density at radius 3 is 2.07 bits per heavy atom. The summed E-state index contributed by atoms with van der Waals surface area (Å²) >= 11 is 0. The van der Waals surface area contributed by atoms with Gasteiger partial charge in [0.1, 0.15) is 6.04 Å². The predicted octanol–water partition coefficient (Wildman–Crippen LogP) is 4.09. The van der Waals surface area contributed by atoms with Crippen LogP contribution in [0.25, 0.3) is 0 Å². The fourth-order valence-electron chi connectivity index (χ4n) is 5.64. The van der Waals surface area contributed by atoms with Gasteiger partial charge in [0.15, 0.2) is 11.6 Å². The second kappa shape index (κ2) is 6.69. The minimum absolute atomic E-state index is 0.0155. The molecule has 27 heavy (non-hydrogen) atoms. The van der Waals surface area contributed by atoms with E-state index in [4.69, 9.17) is 21.3 Å². The zero-order chi connectivity index (χ0) is 20.7. The molecule has 3 N–H and O–H groups in total. The molecule has 0 radical (unpaired) electrons. The molecule has 2 aliphatic carbocycles. The van der Waals surface area contributed by atoms with Gasteiger partial charge in [-0.3, -0.25) is 9.59 Å². The molecular formula is C18H28N6O3. The number of carbonyl (C=O) groups is 2. The van der Waals surface area contributed by atoms with E-state index in [1.165, 1.54) is 6.26 Å². The third kappa shape index (κ3) is 2.83. The SMILES string of the molecule is C=COCCC1(N=N)C(=O)C(N=N)C2(CC(C)(C)C(N=N)C(C)(C)C2)C1=O. The molecule has 2 rings (SSSR count). The second-order valence-corrected chi connectivity index (χ2v) is 9.00. The highest BCUT2D eigenvalue weighted by atomic mass is 16.5. The topological polar surface area (TPSA) is 152 Å². The molecule has 2 atom stereocenters. The van der Waals surface area contributed by atoms with E-state index in [1.54, 1.807) is 0 Å². The Kier molecular flexibility index (Phi) is 5.20. The van der Waals surface area contributed by atoms with E-state index in [1.807, 2.05) is 27.7 Å². The molecule has 2 saturated carbocycles. The van der Waals surface area contributed by atoms with Gasteiger partial charge in [-0.05, 0) is 23.7 Å². The number of ketones is 2. The summed E-state index contributed by atoms with van der Waals surface area (Å²) in [6, 6.07) is -1.52. The fourth-order valence-corrected chi connectivity index (χ4v) is 5.64. The maximum Gasteiger partial charge on any atom is 0.203 e. The maximum absolute atomic E-state index is 13.6. The van der Waals surface area contributed by atoms with Gasteiger partial charge in [0.25, 0.3) is 0 Å². The van der Waals surface area contributed by atoms with Crippen molar-refractivity contribution in [1.29, 1.82) is 16.6 Å². The number of hydrogen-bond acceptors (Lipinski definition) is 9. The molecule has 0 aromatic rings. The summed E-state index contributed by atoms with van der Waals surface area (Å²) in [5.41, 5.74) is 18.7. The summed E-state index contributed by atoms with van der Waals surface area (Å²) in [4.78, 5) is 26.8. The highest BCUT2D eigenvalue weighted by Gasteiger charge is 2.73. The Bertz CT molecular complexity index is 683. The molecule has 0 heterocycles. The number of Topliss-reactive ketones (excluding diaryl/α,β-unsaturated/α-hetero) is 2. The molecule has 2 fully saturated rings. The van der Waals surface area contributed by atoms with Gasteiger partial charge in [-0.25, -0.2) is 16.6 Å². The van der Waals surface area contributed by atoms with Crippen molar-refractivity contribution in [1.82, 2.24) is 0 Å². The van der Waals surface area contributed by atoms with Gasteiger partial charge in [0, 0.05) is 6.42 Å². The predicted molar refractivity (Wildman–Crippen MR) is 95.8 cm³/mol. The number of hydrogen-bond donors (Lipinski definition) is 3. The molecule has 9 nitrogen and oxygen atoms in total. The molecule has 0 aliphatic heterocycles. The van der Waals surface area contributed by atoms with Crippen LogP contribution in [0, 0.1) is 32.8 Å². The molecule has 2 aliphatic rings. The van der Waals surface area contributed by atoms with E-state index in [-0.39, 0.29) is 31.9 Å². The molecular weight excluding hydrogens is 348 g/mol. The monoisotopic (exact) mass is 376 g/mol. The van der Waals surface area contributed by atoms with Crippen molar-refractivity contribution < 1.29 is 14.3 Å². The van der Waals surface area contributed by atoms with Crippen LogP contribution in [-0.2, 0) is 14.3 Å².